The minimum atomic E-state index is -1.98. The molecule has 3 aliphatic carbocycles. The molecular formula is C44H80O4Si2. The maximum Gasteiger partial charge on any atom is 0.192 e. The fraction of sp³-hybridized carbons (Fsp3) is 0.864. The number of hydrogen-bond donors (Lipinski definition) is 0. The van der Waals surface area contributed by atoms with Crippen LogP contribution >= 0.6 is 0 Å². The molecule has 288 valence electrons. The van der Waals surface area contributed by atoms with Crippen molar-refractivity contribution in [2.24, 2.45) is 23.2 Å². The summed E-state index contributed by atoms with van der Waals surface area (Å²) in [5, 5.41) is 0.336. The van der Waals surface area contributed by atoms with Crippen LogP contribution in [0.25, 0.3) is 0 Å². The van der Waals surface area contributed by atoms with Crippen molar-refractivity contribution in [3.63, 3.8) is 0 Å². The predicted molar refractivity (Wildman–Crippen MR) is 219 cm³/mol. The Labute approximate surface area is 312 Å². The molecule has 0 aromatic heterocycles. The molecule has 50 heavy (non-hydrogen) atoms. The molecule has 4 nitrogen and oxygen atoms in total. The Balaban J connectivity index is 1.47. The first-order chi connectivity index (χ1) is 23.0. The van der Waals surface area contributed by atoms with E-state index in [1.165, 1.54) is 68.9 Å². The smallest absolute Gasteiger partial charge is 0.192 e. The van der Waals surface area contributed by atoms with Gasteiger partial charge in [0.25, 0.3) is 0 Å². The Morgan fingerprint density at radius 1 is 0.900 bits per heavy atom. The van der Waals surface area contributed by atoms with Crippen molar-refractivity contribution >= 4 is 16.6 Å². The van der Waals surface area contributed by atoms with E-state index in [1.807, 2.05) is 0 Å². The third-order valence-electron chi connectivity index (χ3n) is 14.5. The van der Waals surface area contributed by atoms with Crippen LogP contribution in [0.3, 0.4) is 0 Å². The van der Waals surface area contributed by atoms with Crippen LogP contribution in [0.1, 0.15) is 153 Å². The van der Waals surface area contributed by atoms with E-state index in [4.69, 9.17) is 24.9 Å². The molecule has 0 N–H and O–H groups in total. The highest BCUT2D eigenvalue weighted by Crippen LogP contribution is 2.60. The molecular weight excluding hydrogens is 649 g/mol. The van der Waals surface area contributed by atoms with E-state index in [2.05, 4.69) is 108 Å². The Kier molecular flexibility index (Phi) is 13.6. The summed E-state index contributed by atoms with van der Waals surface area (Å²) < 4.78 is 26.6. The molecule has 3 saturated carbocycles. The molecule has 0 amide bonds. The van der Waals surface area contributed by atoms with Crippen LogP contribution in [-0.4, -0.2) is 47.3 Å². The lowest BCUT2D eigenvalue weighted by Gasteiger charge is -2.46. The van der Waals surface area contributed by atoms with Gasteiger partial charge in [-0.05, 0) is 149 Å². The van der Waals surface area contributed by atoms with Gasteiger partial charge in [0.05, 0.1) is 17.8 Å². The standard InChI is InChI=1S/C44H80O4Si2/c1-32(20-18-27-43(9,10)46-40-22-16-17-29-45-40)37-25-26-38-34(21-19-28-44(37,38)11)23-24-35-30-36(47-49(12,13)41(3,4)5)31-39(33(35)2)48-50(14,15)42(6,7)8/h23-24,32,36-40H,2,16-22,25-31H2,1,3-15H3/b34-23+,35-24-/t32-,36-,37-,38+,39+,40?,44-/m1/s1. The molecule has 1 aliphatic heterocycles. The summed E-state index contributed by atoms with van der Waals surface area (Å²) in [5.74, 6) is 2.23. The number of hydrogen-bond acceptors (Lipinski definition) is 4. The molecule has 1 saturated heterocycles. The Bertz CT molecular complexity index is 1210. The second kappa shape index (κ2) is 16.1. The Morgan fingerprint density at radius 2 is 1.56 bits per heavy atom. The van der Waals surface area contributed by atoms with Gasteiger partial charge in [-0.1, -0.05) is 92.5 Å². The first-order valence-electron chi connectivity index (χ1n) is 20.7. The fourth-order valence-electron chi connectivity index (χ4n) is 9.25. The number of fused-ring (bicyclic) bond motifs is 1. The van der Waals surface area contributed by atoms with E-state index in [0.717, 1.165) is 44.1 Å². The zero-order chi connectivity index (χ0) is 37.3. The predicted octanol–water partition coefficient (Wildman–Crippen LogP) is 13.3. The summed E-state index contributed by atoms with van der Waals surface area (Å²) in [6.45, 7) is 38.9. The summed E-state index contributed by atoms with van der Waals surface area (Å²) in [7, 11) is -3.91. The lowest BCUT2D eigenvalue weighted by Crippen LogP contribution is -2.49. The van der Waals surface area contributed by atoms with Gasteiger partial charge in [-0.25, -0.2) is 0 Å². The number of allylic oxidation sites excluding steroid dienone is 3. The summed E-state index contributed by atoms with van der Waals surface area (Å²) in [5.41, 5.74) is 4.51. The summed E-state index contributed by atoms with van der Waals surface area (Å²) in [6, 6.07) is 0. The van der Waals surface area contributed by atoms with Crippen LogP contribution in [0.15, 0.2) is 35.5 Å². The fourth-order valence-corrected chi connectivity index (χ4v) is 11.9. The van der Waals surface area contributed by atoms with Gasteiger partial charge in [0, 0.05) is 13.0 Å². The SMILES string of the molecule is C=C1/C(=C\C=C2/CCC[C@]3(C)[C@@H]([C@H](C)CCCC(C)(C)OC4CCCCO4)CC[C@@H]23)C[C@@H](O[Si](C)(C)C(C)(C)C)C[C@@H]1O[Si](C)(C)C(C)(C)C. The van der Waals surface area contributed by atoms with Gasteiger partial charge in [0.15, 0.2) is 22.9 Å². The highest BCUT2D eigenvalue weighted by Gasteiger charge is 2.51. The minimum absolute atomic E-state index is 0.00920. The molecule has 4 fully saturated rings. The third-order valence-corrected chi connectivity index (χ3v) is 23.5. The Morgan fingerprint density at radius 3 is 2.18 bits per heavy atom. The van der Waals surface area contributed by atoms with E-state index in [1.54, 1.807) is 5.57 Å². The zero-order valence-corrected chi connectivity index (χ0v) is 37.4. The average Bonchev–Trinajstić information content (AvgIpc) is 3.34. The van der Waals surface area contributed by atoms with Crippen LogP contribution in [0.5, 0.6) is 0 Å². The molecule has 0 bridgehead atoms. The lowest BCUT2D eigenvalue weighted by molar-refractivity contribution is -0.217. The number of ether oxygens (including phenoxy) is 2. The molecule has 0 radical (unpaired) electrons. The topological polar surface area (TPSA) is 36.9 Å². The molecule has 0 aromatic rings. The van der Waals surface area contributed by atoms with Gasteiger partial charge in [-0.15, -0.1) is 0 Å². The van der Waals surface area contributed by atoms with Gasteiger partial charge in [-0.2, -0.15) is 0 Å². The van der Waals surface area contributed by atoms with Crippen LogP contribution in [0.4, 0.5) is 0 Å². The monoisotopic (exact) mass is 729 g/mol. The first-order valence-corrected chi connectivity index (χ1v) is 26.5. The van der Waals surface area contributed by atoms with Gasteiger partial charge in [0.2, 0.25) is 0 Å². The number of rotatable bonds is 12. The largest absolute Gasteiger partial charge is 0.413 e. The van der Waals surface area contributed by atoms with Crippen molar-refractivity contribution in [2.45, 2.75) is 213 Å². The molecule has 4 rings (SSSR count). The van der Waals surface area contributed by atoms with Crippen LogP contribution in [0, 0.1) is 23.2 Å². The van der Waals surface area contributed by atoms with Gasteiger partial charge < -0.3 is 18.3 Å². The highest BCUT2D eigenvalue weighted by atomic mass is 28.4. The molecule has 0 spiro atoms. The minimum Gasteiger partial charge on any atom is -0.413 e. The van der Waals surface area contributed by atoms with E-state index in [0.29, 0.717) is 11.3 Å². The van der Waals surface area contributed by atoms with Crippen LogP contribution in [-0.2, 0) is 18.3 Å². The summed E-state index contributed by atoms with van der Waals surface area (Å²) in [4.78, 5) is 0. The molecule has 7 atom stereocenters. The normalized spacial score (nSPS) is 32.8. The summed E-state index contributed by atoms with van der Waals surface area (Å²) >= 11 is 0. The highest BCUT2D eigenvalue weighted by molar-refractivity contribution is 6.74. The van der Waals surface area contributed by atoms with Gasteiger partial charge in [-0.3, -0.25) is 0 Å². The van der Waals surface area contributed by atoms with E-state index in [9.17, 15) is 0 Å². The Hall–Kier alpha value is -0.506. The molecule has 1 unspecified atom stereocenters. The van der Waals surface area contributed by atoms with Crippen molar-refractivity contribution in [3.8, 4) is 0 Å². The first kappa shape index (κ1) is 42.2. The second-order valence-electron chi connectivity index (χ2n) is 20.9. The van der Waals surface area contributed by atoms with E-state index in [-0.39, 0.29) is 34.2 Å². The summed E-state index contributed by atoms with van der Waals surface area (Å²) in [6.07, 6.45) is 20.7. The van der Waals surface area contributed by atoms with Gasteiger partial charge >= 0.3 is 0 Å². The lowest BCUT2D eigenvalue weighted by atomic mass is 9.60. The van der Waals surface area contributed by atoms with Crippen LogP contribution < -0.4 is 0 Å². The average molecular weight is 729 g/mol. The molecule has 6 heteroatoms. The van der Waals surface area contributed by atoms with E-state index < -0.39 is 16.6 Å². The van der Waals surface area contributed by atoms with Crippen molar-refractivity contribution in [1.82, 2.24) is 0 Å². The molecule has 4 aliphatic rings. The van der Waals surface area contributed by atoms with Gasteiger partial charge in [0.1, 0.15) is 0 Å². The van der Waals surface area contributed by atoms with Crippen molar-refractivity contribution in [2.75, 3.05) is 6.61 Å². The third kappa shape index (κ3) is 10.2. The van der Waals surface area contributed by atoms with E-state index >= 15 is 0 Å². The van der Waals surface area contributed by atoms with Crippen molar-refractivity contribution < 1.29 is 18.3 Å². The van der Waals surface area contributed by atoms with Crippen LogP contribution in [0.2, 0.25) is 36.3 Å². The quantitative estimate of drug-likeness (QED) is 0.188. The molecule has 1 heterocycles. The van der Waals surface area contributed by atoms with Crippen molar-refractivity contribution in [1.29, 1.82) is 0 Å². The maximum absolute atomic E-state index is 7.12. The maximum atomic E-state index is 7.12. The molecule has 0 aromatic carbocycles. The zero-order valence-electron chi connectivity index (χ0n) is 35.4. The second-order valence-corrected chi connectivity index (χ2v) is 30.4. The van der Waals surface area contributed by atoms with Crippen molar-refractivity contribution in [3.05, 3.63) is 35.5 Å².